The van der Waals surface area contributed by atoms with Crippen molar-refractivity contribution in [2.24, 2.45) is 0 Å². The molecule has 0 aliphatic carbocycles. The molecule has 2 fully saturated rings. The maximum atomic E-state index is 11.5. The molecule has 12 nitrogen and oxygen atoms in total. The van der Waals surface area contributed by atoms with Gasteiger partial charge < -0.3 is 54.6 Å². The van der Waals surface area contributed by atoms with Crippen LogP contribution in [-0.4, -0.2) is 107 Å². The van der Waals surface area contributed by atoms with Crippen LogP contribution in [0, 0.1) is 0 Å². The number of hydrogen-bond donors (Lipinski definition) is 5. The van der Waals surface area contributed by atoms with E-state index < -0.39 is 79.6 Å². The smallest absolute Gasteiger partial charge is 0.217 e. The first kappa shape index (κ1) is 22.9. The van der Waals surface area contributed by atoms with Crippen LogP contribution in [0.1, 0.15) is 13.8 Å². The number of carbonyl (C=O) groups is 2. The van der Waals surface area contributed by atoms with E-state index in [2.05, 4.69) is 5.32 Å². The maximum Gasteiger partial charge on any atom is 0.217 e. The summed E-state index contributed by atoms with van der Waals surface area (Å²) in [6.45, 7) is 2.25. The molecular formula is C16H26NO11-. The lowest BCUT2D eigenvalue weighted by Gasteiger charge is -2.47. The lowest BCUT2D eigenvalue weighted by Crippen LogP contribution is -2.68. The summed E-state index contributed by atoms with van der Waals surface area (Å²) in [7, 11) is 1.13. The lowest BCUT2D eigenvalue weighted by atomic mass is 9.92. The second-order valence-electron chi connectivity index (χ2n) is 6.81. The van der Waals surface area contributed by atoms with Crippen molar-refractivity contribution in [3.63, 3.8) is 0 Å². The molecule has 2 saturated heterocycles. The highest BCUT2D eigenvalue weighted by atomic mass is 16.7. The minimum Gasteiger partial charge on any atom is -0.547 e. The Hall–Kier alpha value is -1.38. The molecule has 12 heteroatoms. The zero-order valence-corrected chi connectivity index (χ0v) is 15.6. The Morgan fingerprint density at radius 3 is 2.25 bits per heavy atom. The van der Waals surface area contributed by atoms with Gasteiger partial charge in [-0.05, 0) is 6.92 Å². The summed E-state index contributed by atoms with van der Waals surface area (Å²) in [4.78, 5) is 22.8. The number of hydrogen-bond acceptors (Lipinski definition) is 11. The molecule has 0 saturated carbocycles. The minimum atomic E-state index is -1.75. The van der Waals surface area contributed by atoms with Crippen LogP contribution < -0.4 is 10.4 Å². The van der Waals surface area contributed by atoms with Crippen molar-refractivity contribution >= 4 is 11.9 Å². The van der Waals surface area contributed by atoms with E-state index in [1.54, 1.807) is 6.92 Å². The number of amides is 1. The minimum absolute atomic E-state index is 0.457. The van der Waals surface area contributed by atoms with Crippen molar-refractivity contribution in [2.75, 3.05) is 13.7 Å². The molecule has 2 rings (SSSR count). The molecule has 0 aromatic rings. The predicted octanol–water partition coefficient (Wildman–Crippen LogP) is -4.77. The van der Waals surface area contributed by atoms with E-state index >= 15 is 0 Å². The monoisotopic (exact) mass is 408 g/mol. The van der Waals surface area contributed by atoms with Gasteiger partial charge in [0.15, 0.2) is 6.29 Å². The third kappa shape index (κ3) is 4.60. The van der Waals surface area contributed by atoms with E-state index in [0.717, 1.165) is 7.11 Å². The number of methoxy groups -OCH3 is 1. The molecule has 2 heterocycles. The summed E-state index contributed by atoms with van der Waals surface area (Å²) in [6.07, 6.45) is -12.7. The van der Waals surface area contributed by atoms with Crippen LogP contribution >= 0.6 is 0 Å². The number of carboxylic acid groups (broad SMARTS) is 1. The van der Waals surface area contributed by atoms with Crippen molar-refractivity contribution in [1.82, 2.24) is 5.32 Å². The highest BCUT2D eigenvalue weighted by Gasteiger charge is 2.51. The Kier molecular flexibility index (Phi) is 7.70. The fraction of sp³-hybridized carbons (Fsp3) is 0.875. The molecule has 4 unspecified atom stereocenters. The van der Waals surface area contributed by atoms with Gasteiger partial charge in [-0.1, -0.05) is 0 Å². The Bertz CT molecular complexity index is 561. The summed E-state index contributed by atoms with van der Waals surface area (Å²) >= 11 is 0. The van der Waals surface area contributed by atoms with E-state index in [9.17, 15) is 35.1 Å². The number of nitrogens with one attached hydrogen (secondary N) is 1. The quantitative estimate of drug-likeness (QED) is 0.284. The predicted molar refractivity (Wildman–Crippen MR) is 86.4 cm³/mol. The van der Waals surface area contributed by atoms with Crippen LogP contribution in [0.15, 0.2) is 0 Å². The summed E-state index contributed by atoms with van der Waals surface area (Å²) in [5, 5.41) is 54.2. The fourth-order valence-electron chi connectivity index (χ4n) is 3.44. The average Bonchev–Trinajstić information content (AvgIpc) is 2.63. The number of rotatable bonds is 6. The van der Waals surface area contributed by atoms with E-state index in [1.807, 2.05) is 0 Å². The molecule has 0 bridgehead atoms. The third-order valence-corrected chi connectivity index (χ3v) is 4.86. The molecule has 10 atom stereocenters. The topological polar surface area (TPSA) is 187 Å². The van der Waals surface area contributed by atoms with Crippen molar-refractivity contribution in [3.8, 4) is 0 Å². The highest BCUT2D eigenvalue weighted by Crippen LogP contribution is 2.29. The molecule has 2 aliphatic heterocycles. The normalized spacial score (nSPS) is 44.1. The van der Waals surface area contributed by atoms with E-state index in [4.69, 9.17) is 18.9 Å². The second-order valence-corrected chi connectivity index (χ2v) is 6.81. The largest absolute Gasteiger partial charge is 0.547 e. The lowest BCUT2D eigenvalue weighted by molar-refractivity contribution is -0.361. The number of carboxylic acids is 1. The van der Waals surface area contributed by atoms with Crippen molar-refractivity contribution < 1.29 is 54.1 Å². The zero-order chi connectivity index (χ0) is 21.2. The molecule has 0 radical (unpaired) electrons. The summed E-state index contributed by atoms with van der Waals surface area (Å²) in [5.74, 6) is -2.15. The maximum absolute atomic E-state index is 11.5. The van der Waals surface area contributed by atoms with Crippen LogP contribution in [0.5, 0.6) is 0 Å². The summed E-state index contributed by atoms with van der Waals surface area (Å²) < 4.78 is 21.1. The molecule has 0 spiro atoms. The number of carbonyl (C=O) groups excluding carboxylic acids is 2. The van der Waals surface area contributed by atoms with Crippen LogP contribution in [0.4, 0.5) is 0 Å². The average molecular weight is 408 g/mol. The molecule has 28 heavy (non-hydrogen) atoms. The number of ether oxygens (including phenoxy) is 4. The van der Waals surface area contributed by atoms with Crippen LogP contribution in [0.2, 0.25) is 0 Å². The van der Waals surface area contributed by atoms with Gasteiger partial charge in [-0.25, -0.2) is 0 Å². The Morgan fingerprint density at radius 1 is 1.11 bits per heavy atom. The SMILES string of the molecule is CO[C@@H]1C(C(=O)[O-])O[C@@H](O[C@@H]2C(NC(C)=O)[C@H](C)OC(CO)[C@H]2O)C(O)[C@H]1O. The summed E-state index contributed by atoms with van der Waals surface area (Å²) in [6, 6.07) is -0.912. The van der Waals surface area contributed by atoms with E-state index in [1.165, 1.54) is 6.92 Å². The van der Waals surface area contributed by atoms with Gasteiger partial charge in [0.1, 0.15) is 42.7 Å². The molecular weight excluding hydrogens is 382 g/mol. The van der Waals surface area contributed by atoms with Crippen LogP contribution in [0.25, 0.3) is 0 Å². The standard InChI is InChI=1S/C16H27NO11/c1-5-8(17-6(2)19)12(9(20)7(4-18)26-5)27-16-11(22)10(21)13(25-3)14(28-16)15(23)24/h5,7-14,16,18,20-22H,4H2,1-3H3,(H,17,19)(H,23,24)/p-1/t5-,7?,8?,9+,10+,11?,12+,13-,14?,16+/m0/s1. The van der Waals surface area contributed by atoms with Gasteiger partial charge in [0.25, 0.3) is 0 Å². The van der Waals surface area contributed by atoms with Crippen molar-refractivity contribution in [1.29, 1.82) is 0 Å². The van der Waals surface area contributed by atoms with Gasteiger partial charge in [-0.3, -0.25) is 4.79 Å². The first-order valence-corrected chi connectivity index (χ1v) is 8.74. The Balaban J connectivity index is 2.26. The molecule has 5 N–H and O–H groups in total. The molecule has 162 valence electrons. The third-order valence-electron chi connectivity index (χ3n) is 4.86. The molecule has 0 aromatic heterocycles. The molecule has 1 amide bonds. The Morgan fingerprint density at radius 2 is 1.75 bits per heavy atom. The van der Waals surface area contributed by atoms with Gasteiger partial charge in [-0.15, -0.1) is 0 Å². The van der Waals surface area contributed by atoms with E-state index in [-0.39, 0.29) is 0 Å². The molecule has 2 aliphatic rings. The van der Waals surface area contributed by atoms with Gasteiger partial charge in [0.05, 0.1) is 24.7 Å². The number of aliphatic carboxylic acids is 1. The first-order chi connectivity index (χ1) is 13.1. The van der Waals surface area contributed by atoms with Crippen molar-refractivity contribution in [2.45, 2.75) is 75.0 Å². The highest BCUT2D eigenvalue weighted by molar-refractivity contribution is 5.73. The van der Waals surface area contributed by atoms with Crippen molar-refractivity contribution in [3.05, 3.63) is 0 Å². The van der Waals surface area contributed by atoms with Gasteiger partial charge >= 0.3 is 0 Å². The first-order valence-electron chi connectivity index (χ1n) is 8.74. The number of aliphatic hydroxyl groups excluding tert-OH is 4. The van der Waals surface area contributed by atoms with Gasteiger partial charge in [0, 0.05) is 14.0 Å². The van der Waals surface area contributed by atoms with Crippen LogP contribution in [0.3, 0.4) is 0 Å². The fourth-order valence-corrected chi connectivity index (χ4v) is 3.44. The second kappa shape index (κ2) is 9.41. The van der Waals surface area contributed by atoms with Gasteiger partial charge in [-0.2, -0.15) is 0 Å². The van der Waals surface area contributed by atoms with Gasteiger partial charge in [0.2, 0.25) is 5.91 Å². The zero-order valence-electron chi connectivity index (χ0n) is 15.6. The number of aliphatic hydroxyl groups is 4. The summed E-state index contributed by atoms with van der Waals surface area (Å²) in [5.41, 5.74) is 0. The van der Waals surface area contributed by atoms with Crippen LogP contribution in [-0.2, 0) is 28.5 Å². The Labute approximate surface area is 160 Å². The van der Waals surface area contributed by atoms with E-state index in [0.29, 0.717) is 0 Å². The molecule has 0 aromatic carbocycles.